The zero-order valence-corrected chi connectivity index (χ0v) is 18.4. The number of hydrogen-bond acceptors (Lipinski definition) is 4. The van der Waals surface area contributed by atoms with Gasteiger partial charge in [-0.2, -0.15) is 5.10 Å². The maximum absolute atomic E-state index is 13.3. The molecule has 2 aliphatic rings. The smallest absolute Gasteiger partial charge is 0.261 e. The molecule has 1 aromatic heterocycles. The van der Waals surface area contributed by atoms with Crippen LogP contribution in [-0.2, 0) is 13.0 Å². The Morgan fingerprint density at radius 3 is 2.62 bits per heavy atom. The van der Waals surface area contributed by atoms with Gasteiger partial charge in [-0.05, 0) is 44.2 Å². The van der Waals surface area contributed by atoms with Crippen LogP contribution in [0.5, 0.6) is 0 Å². The van der Waals surface area contributed by atoms with Crippen LogP contribution in [0.4, 0.5) is 0 Å². The Balaban J connectivity index is 1.43. The SMILES string of the molecule is CC(C)N1C(=O)c2ccc(C(=O)N3CCc4[nH]nc(-c5cccc(Cl)c5)c4C3)cc2C1=O. The molecule has 3 amide bonds. The van der Waals surface area contributed by atoms with Crippen LogP contribution in [0.1, 0.15) is 56.2 Å². The number of fused-ring (bicyclic) bond motifs is 2. The van der Waals surface area contributed by atoms with Gasteiger partial charge in [0.05, 0.1) is 16.8 Å². The lowest BCUT2D eigenvalue weighted by atomic mass is 9.99. The summed E-state index contributed by atoms with van der Waals surface area (Å²) >= 11 is 6.14. The molecular formula is C24H21ClN4O3. The Bertz CT molecular complexity index is 1280. The minimum atomic E-state index is -0.353. The zero-order chi connectivity index (χ0) is 22.6. The van der Waals surface area contributed by atoms with Gasteiger partial charge >= 0.3 is 0 Å². The minimum Gasteiger partial charge on any atom is -0.334 e. The Labute approximate surface area is 190 Å². The van der Waals surface area contributed by atoms with E-state index in [9.17, 15) is 14.4 Å². The number of rotatable bonds is 3. The van der Waals surface area contributed by atoms with Crippen molar-refractivity contribution in [3.8, 4) is 11.3 Å². The summed E-state index contributed by atoms with van der Waals surface area (Å²) in [4.78, 5) is 41.5. The number of amides is 3. The monoisotopic (exact) mass is 448 g/mol. The first-order chi connectivity index (χ1) is 15.3. The van der Waals surface area contributed by atoms with Gasteiger partial charge in [-0.1, -0.05) is 23.7 Å². The number of H-pyrrole nitrogens is 1. The van der Waals surface area contributed by atoms with Crippen molar-refractivity contribution in [3.05, 3.63) is 75.4 Å². The number of carbonyl (C=O) groups excluding carboxylic acids is 3. The van der Waals surface area contributed by atoms with Crippen LogP contribution in [0.3, 0.4) is 0 Å². The molecule has 0 saturated carbocycles. The predicted octanol–water partition coefficient (Wildman–Crippen LogP) is 3.93. The first-order valence-corrected chi connectivity index (χ1v) is 10.9. The fraction of sp³-hybridized carbons (Fsp3) is 0.250. The molecular weight excluding hydrogens is 428 g/mol. The second kappa shape index (κ2) is 7.60. The van der Waals surface area contributed by atoms with Gasteiger partial charge in [0.1, 0.15) is 0 Å². The summed E-state index contributed by atoms with van der Waals surface area (Å²) in [5.74, 6) is -0.847. The molecule has 8 heteroatoms. The van der Waals surface area contributed by atoms with Crippen molar-refractivity contribution in [2.75, 3.05) is 6.54 Å². The van der Waals surface area contributed by atoms with Crippen molar-refractivity contribution in [1.29, 1.82) is 0 Å². The van der Waals surface area contributed by atoms with E-state index in [1.165, 1.54) is 4.90 Å². The van der Waals surface area contributed by atoms with Crippen molar-refractivity contribution in [2.45, 2.75) is 32.9 Å². The molecule has 0 unspecified atom stereocenters. The first-order valence-electron chi connectivity index (χ1n) is 10.5. The highest BCUT2D eigenvalue weighted by Gasteiger charge is 2.38. The lowest BCUT2D eigenvalue weighted by Crippen LogP contribution is -2.36. The van der Waals surface area contributed by atoms with Gasteiger partial charge in [-0.25, -0.2) is 0 Å². The van der Waals surface area contributed by atoms with E-state index in [4.69, 9.17) is 11.6 Å². The highest BCUT2D eigenvalue weighted by molar-refractivity contribution is 6.30. The summed E-state index contributed by atoms with van der Waals surface area (Å²) in [6, 6.07) is 12.0. The Hall–Kier alpha value is -3.45. The Morgan fingerprint density at radius 2 is 1.88 bits per heavy atom. The van der Waals surface area contributed by atoms with E-state index in [2.05, 4.69) is 10.2 Å². The number of benzene rings is 2. The average molecular weight is 449 g/mol. The first kappa shape index (κ1) is 20.5. The van der Waals surface area contributed by atoms with Crippen molar-refractivity contribution >= 4 is 29.3 Å². The zero-order valence-electron chi connectivity index (χ0n) is 17.7. The maximum atomic E-state index is 13.3. The maximum Gasteiger partial charge on any atom is 0.261 e. The number of hydrogen-bond donors (Lipinski definition) is 1. The molecule has 0 radical (unpaired) electrons. The quantitative estimate of drug-likeness (QED) is 0.615. The topological polar surface area (TPSA) is 86.4 Å². The molecule has 0 aliphatic carbocycles. The summed E-state index contributed by atoms with van der Waals surface area (Å²) in [5.41, 5.74) is 4.67. The highest BCUT2D eigenvalue weighted by Crippen LogP contribution is 2.31. The number of nitrogens with one attached hydrogen (secondary N) is 1. The number of aromatic nitrogens is 2. The molecule has 2 aliphatic heterocycles. The van der Waals surface area contributed by atoms with Gasteiger partial charge in [0, 0.05) is 53.0 Å². The average Bonchev–Trinajstić information content (AvgIpc) is 3.31. The molecule has 3 aromatic rings. The van der Waals surface area contributed by atoms with Crippen LogP contribution in [0, 0.1) is 0 Å². The molecule has 0 atom stereocenters. The summed E-state index contributed by atoms with van der Waals surface area (Å²) in [5, 5.41) is 8.16. The van der Waals surface area contributed by atoms with Gasteiger partial charge in [0.15, 0.2) is 0 Å². The summed E-state index contributed by atoms with van der Waals surface area (Å²) < 4.78 is 0. The summed E-state index contributed by atoms with van der Waals surface area (Å²) in [6.07, 6.45) is 0.651. The lowest BCUT2D eigenvalue weighted by molar-refractivity contribution is 0.0608. The van der Waals surface area contributed by atoms with Crippen LogP contribution in [0.25, 0.3) is 11.3 Å². The van der Waals surface area contributed by atoms with Crippen LogP contribution in [0.15, 0.2) is 42.5 Å². The van der Waals surface area contributed by atoms with E-state index in [0.29, 0.717) is 35.7 Å². The fourth-order valence-electron chi connectivity index (χ4n) is 4.39. The van der Waals surface area contributed by atoms with Crippen LogP contribution < -0.4 is 0 Å². The van der Waals surface area contributed by atoms with Crippen molar-refractivity contribution in [3.63, 3.8) is 0 Å². The van der Waals surface area contributed by atoms with Crippen LogP contribution in [0.2, 0.25) is 5.02 Å². The third-order valence-electron chi connectivity index (χ3n) is 6.00. The number of carbonyl (C=O) groups is 3. The third-order valence-corrected chi connectivity index (χ3v) is 6.24. The van der Waals surface area contributed by atoms with Gasteiger partial charge in [0.2, 0.25) is 0 Å². The van der Waals surface area contributed by atoms with Crippen molar-refractivity contribution in [2.24, 2.45) is 0 Å². The second-order valence-electron chi connectivity index (χ2n) is 8.35. The van der Waals surface area contributed by atoms with Crippen molar-refractivity contribution < 1.29 is 14.4 Å². The largest absolute Gasteiger partial charge is 0.334 e. The second-order valence-corrected chi connectivity index (χ2v) is 8.79. The van der Waals surface area contributed by atoms with Gasteiger partial charge in [0.25, 0.3) is 17.7 Å². The fourth-order valence-corrected chi connectivity index (χ4v) is 4.58. The molecule has 0 saturated heterocycles. The predicted molar refractivity (Wildman–Crippen MR) is 120 cm³/mol. The summed E-state index contributed by atoms with van der Waals surface area (Å²) in [7, 11) is 0. The molecule has 1 N–H and O–H groups in total. The normalized spacial score (nSPS) is 15.4. The van der Waals surface area contributed by atoms with Gasteiger partial charge < -0.3 is 4.90 Å². The molecule has 0 bridgehead atoms. The van der Waals surface area contributed by atoms with E-state index < -0.39 is 0 Å². The molecule has 32 heavy (non-hydrogen) atoms. The van der Waals surface area contributed by atoms with Crippen LogP contribution >= 0.6 is 11.6 Å². The van der Waals surface area contributed by atoms with E-state index in [-0.39, 0.29) is 29.3 Å². The van der Waals surface area contributed by atoms with Gasteiger partial charge in [-0.3, -0.25) is 24.4 Å². The molecule has 0 fully saturated rings. The minimum absolute atomic E-state index is 0.181. The molecule has 2 aromatic carbocycles. The number of nitrogens with zero attached hydrogens (tertiary/aromatic N) is 3. The van der Waals surface area contributed by atoms with Gasteiger partial charge in [-0.15, -0.1) is 0 Å². The molecule has 5 rings (SSSR count). The van der Waals surface area contributed by atoms with E-state index in [1.807, 2.05) is 18.2 Å². The number of imide groups is 1. The third kappa shape index (κ3) is 3.20. The number of halogens is 1. The van der Waals surface area contributed by atoms with E-state index in [0.717, 1.165) is 22.5 Å². The summed E-state index contributed by atoms with van der Waals surface area (Å²) in [6.45, 7) is 4.52. The lowest BCUT2D eigenvalue weighted by Gasteiger charge is -2.27. The molecule has 7 nitrogen and oxygen atoms in total. The van der Waals surface area contributed by atoms with E-state index in [1.54, 1.807) is 43.0 Å². The van der Waals surface area contributed by atoms with E-state index >= 15 is 0 Å². The Morgan fingerprint density at radius 1 is 1.09 bits per heavy atom. The molecule has 3 heterocycles. The van der Waals surface area contributed by atoms with Crippen molar-refractivity contribution in [1.82, 2.24) is 20.0 Å². The molecule has 0 spiro atoms. The standard InChI is InChI=1S/C24H21ClN4O3/c1-13(2)29-23(31)17-7-6-15(11-18(17)24(29)32)22(30)28-9-8-20-19(12-28)21(27-26-20)14-4-3-5-16(25)10-14/h3-7,10-11,13H,8-9,12H2,1-2H3,(H,26,27). The Kier molecular flexibility index (Phi) is 4.86. The number of aromatic amines is 1. The highest BCUT2D eigenvalue weighted by atomic mass is 35.5. The van der Waals surface area contributed by atoms with Crippen LogP contribution in [-0.4, -0.2) is 50.3 Å². The molecule has 162 valence electrons.